The fourth-order valence-electron chi connectivity index (χ4n) is 2.01. The molecule has 0 bridgehead atoms. The maximum Gasteiger partial charge on any atom is 0.240 e. The molecule has 3 atom stereocenters. The van der Waals surface area contributed by atoms with Gasteiger partial charge in [0, 0.05) is 0 Å². The van der Waals surface area contributed by atoms with E-state index < -0.39 is 67.4 Å². The van der Waals surface area contributed by atoms with Crippen LogP contribution in [0.15, 0.2) is 0 Å². The molecule has 0 fully saturated rings. The molecular formula is C16H31N7O6. The fraction of sp³-hybridized carbons (Fsp3) is 0.688. The molecular weight excluding hydrogens is 386 g/mol. The summed E-state index contributed by atoms with van der Waals surface area (Å²) in [4.78, 5) is 57.9. The molecule has 11 N–H and O–H groups in total. The first-order valence-electron chi connectivity index (χ1n) is 9.12. The number of nitrogens with one attached hydrogen (secondary N) is 4. The number of primary amides is 1. The Labute approximate surface area is 168 Å². The molecule has 13 heteroatoms. The van der Waals surface area contributed by atoms with Crippen LogP contribution in [0.3, 0.4) is 0 Å². The third-order valence-corrected chi connectivity index (χ3v) is 3.76. The van der Waals surface area contributed by atoms with Crippen molar-refractivity contribution in [3.63, 3.8) is 0 Å². The Morgan fingerprint density at radius 3 is 1.90 bits per heavy atom. The maximum absolute atomic E-state index is 11.8. The number of carbonyl (C=O) groups excluding carboxylic acids is 5. The Morgan fingerprint density at radius 2 is 1.41 bits per heavy atom. The van der Waals surface area contributed by atoms with E-state index in [0.717, 1.165) is 0 Å². The minimum absolute atomic E-state index is 0.340. The lowest BCUT2D eigenvalue weighted by Crippen LogP contribution is -2.50. The number of amides is 5. The molecule has 0 spiro atoms. The molecule has 0 unspecified atom stereocenters. The van der Waals surface area contributed by atoms with Gasteiger partial charge < -0.3 is 43.6 Å². The van der Waals surface area contributed by atoms with Crippen molar-refractivity contribution < 1.29 is 29.1 Å². The highest BCUT2D eigenvalue weighted by molar-refractivity contribution is 5.92. The van der Waals surface area contributed by atoms with Gasteiger partial charge in [-0.1, -0.05) is 0 Å². The molecule has 29 heavy (non-hydrogen) atoms. The van der Waals surface area contributed by atoms with Crippen molar-refractivity contribution in [1.29, 1.82) is 0 Å². The quantitative estimate of drug-likeness (QED) is 0.127. The van der Waals surface area contributed by atoms with Crippen LogP contribution in [0.5, 0.6) is 0 Å². The molecule has 0 heterocycles. The monoisotopic (exact) mass is 417 g/mol. The molecule has 13 nitrogen and oxygen atoms in total. The molecule has 0 saturated carbocycles. The standard InChI is InChI=1S/C16H31N7O6/c1-9(24)14(18)16(29)22-7-12(26)20-6-11(25)21-8-13(27)23-10(15(19)28)4-2-3-5-17/h9-10,14,24H,2-8,17-18H2,1H3,(H2,19,28)(H,20,26)(H,21,25)(H,22,29)(H,23,27)/t9-,10+,14+/m1/s1. The van der Waals surface area contributed by atoms with E-state index in [-0.39, 0.29) is 0 Å². The van der Waals surface area contributed by atoms with Gasteiger partial charge in [-0.2, -0.15) is 0 Å². The zero-order valence-corrected chi connectivity index (χ0v) is 16.4. The van der Waals surface area contributed by atoms with Gasteiger partial charge in [0.1, 0.15) is 12.1 Å². The van der Waals surface area contributed by atoms with Crippen molar-refractivity contribution in [3.8, 4) is 0 Å². The summed E-state index contributed by atoms with van der Waals surface area (Å²) >= 11 is 0. The normalized spacial score (nSPS) is 13.5. The first-order chi connectivity index (χ1) is 13.6. The van der Waals surface area contributed by atoms with Gasteiger partial charge in [-0.3, -0.25) is 24.0 Å². The summed E-state index contributed by atoms with van der Waals surface area (Å²) in [6.07, 6.45) is 0.556. The van der Waals surface area contributed by atoms with Crippen molar-refractivity contribution >= 4 is 29.5 Å². The summed E-state index contributed by atoms with van der Waals surface area (Å²) in [5, 5.41) is 18.3. The van der Waals surface area contributed by atoms with Crippen LogP contribution >= 0.6 is 0 Å². The lowest BCUT2D eigenvalue weighted by atomic mass is 10.1. The summed E-state index contributed by atoms with van der Waals surface area (Å²) in [7, 11) is 0. The van der Waals surface area contributed by atoms with Gasteiger partial charge in [0.2, 0.25) is 29.5 Å². The summed E-state index contributed by atoms with van der Waals surface area (Å²) in [5.74, 6) is -3.33. The topological polar surface area (TPSA) is 232 Å². The van der Waals surface area contributed by atoms with Crippen LogP contribution in [0.2, 0.25) is 0 Å². The number of carbonyl (C=O) groups is 5. The summed E-state index contributed by atoms with van der Waals surface area (Å²) < 4.78 is 0. The first-order valence-corrected chi connectivity index (χ1v) is 9.12. The Balaban J connectivity index is 4.12. The van der Waals surface area contributed by atoms with Crippen molar-refractivity contribution in [3.05, 3.63) is 0 Å². The molecule has 0 aliphatic rings. The second kappa shape index (κ2) is 14.3. The van der Waals surface area contributed by atoms with E-state index in [2.05, 4.69) is 21.3 Å². The van der Waals surface area contributed by atoms with Gasteiger partial charge in [-0.05, 0) is 32.7 Å². The van der Waals surface area contributed by atoms with Crippen molar-refractivity contribution in [2.75, 3.05) is 26.2 Å². The zero-order valence-electron chi connectivity index (χ0n) is 16.4. The van der Waals surface area contributed by atoms with Gasteiger partial charge in [0.25, 0.3) is 0 Å². The molecule has 0 aromatic heterocycles. The van der Waals surface area contributed by atoms with E-state index in [1.807, 2.05) is 0 Å². The van der Waals surface area contributed by atoms with Crippen molar-refractivity contribution in [2.45, 2.75) is 44.4 Å². The van der Waals surface area contributed by atoms with Gasteiger partial charge in [-0.25, -0.2) is 0 Å². The molecule has 166 valence electrons. The second-order valence-electron chi connectivity index (χ2n) is 6.34. The molecule has 0 aliphatic heterocycles. The van der Waals surface area contributed by atoms with E-state index >= 15 is 0 Å². The third kappa shape index (κ3) is 12.3. The van der Waals surface area contributed by atoms with Gasteiger partial charge in [0.15, 0.2) is 0 Å². The lowest BCUT2D eigenvalue weighted by Gasteiger charge is -2.16. The molecule has 0 aliphatic carbocycles. The van der Waals surface area contributed by atoms with Crippen LogP contribution in [-0.2, 0) is 24.0 Å². The number of rotatable bonds is 14. The Morgan fingerprint density at radius 1 is 0.897 bits per heavy atom. The van der Waals surface area contributed by atoms with Gasteiger partial charge in [0.05, 0.1) is 25.7 Å². The van der Waals surface area contributed by atoms with E-state index in [9.17, 15) is 29.1 Å². The summed E-state index contributed by atoms with van der Waals surface area (Å²) in [6, 6.07) is -2.04. The Kier molecular flexibility index (Phi) is 12.9. The predicted molar refractivity (Wildman–Crippen MR) is 103 cm³/mol. The average molecular weight is 417 g/mol. The Bertz CT molecular complexity index is 584. The predicted octanol–water partition coefficient (Wildman–Crippen LogP) is -4.86. The third-order valence-electron chi connectivity index (χ3n) is 3.76. The number of nitrogens with two attached hydrogens (primary N) is 3. The van der Waals surface area contributed by atoms with Crippen LogP contribution in [0.1, 0.15) is 26.2 Å². The zero-order chi connectivity index (χ0) is 22.4. The maximum atomic E-state index is 11.8. The van der Waals surface area contributed by atoms with Crippen LogP contribution in [0.25, 0.3) is 0 Å². The number of aliphatic hydroxyl groups excluding tert-OH is 1. The highest BCUT2D eigenvalue weighted by Gasteiger charge is 2.20. The molecule has 5 amide bonds. The molecule has 0 rings (SSSR count). The number of unbranched alkanes of at least 4 members (excludes halogenated alkanes) is 1. The van der Waals surface area contributed by atoms with Crippen molar-refractivity contribution in [1.82, 2.24) is 21.3 Å². The SMILES string of the molecule is C[C@@H](O)[C@H](N)C(=O)NCC(=O)NCC(=O)NCC(=O)N[C@@H](CCCCN)C(N)=O. The average Bonchev–Trinajstić information content (AvgIpc) is 2.67. The molecule has 0 radical (unpaired) electrons. The molecule has 0 saturated heterocycles. The lowest BCUT2D eigenvalue weighted by molar-refractivity contribution is -0.130. The number of hydrogen-bond donors (Lipinski definition) is 8. The highest BCUT2D eigenvalue weighted by atomic mass is 16.3. The summed E-state index contributed by atoms with van der Waals surface area (Å²) in [5.41, 5.74) is 16.0. The molecule has 0 aromatic rings. The largest absolute Gasteiger partial charge is 0.391 e. The van der Waals surface area contributed by atoms with Crippen molar-refractivity contribution in [2.24, 2.45) is 17.2 Å². The Hall–Kier alpha value is -2.77. The highest BCUT2D eigenvalue weighted by Crippen LogP contribution is 1.99. The van der Waals surface area contributed by atoms with E-state index in [0.29, 0.717) is 25.8 Å². The number of aliphatic hydroxyl groups is 1. The van der Waals surface area contributed by atoms with Crippen LogP contribution < -0.4 is 38.5 Å². The van der Waals surface area contributed by atoms with Crippen LogP contribution in [-0.4, -0.2) is 79.0 Å². The number of hydrogen-bond acceptors (Lipinski definition) is 8. The first kappa shape index (κ1) is 26.2. The van der Waals surface area contributed by atoms with E-state index in [4.69, 9.17) is 17.2 Å². The van der Waals surface area contributed by atoms with Crippen LogP contribution in [0.4, 0.5) is 0 Å². The summed E-state index contributed by atoms with van der Waals surface area (Å²) in [6.45, 7) is 0.514. The fourth-order valence-corrected chi connectivity index (χ4v) is 2.01. The van der Waals surface area contributed by atoms with Gasteiger partial charge >= 0.3 is 0 Å². The smallest absolute Gasteiger partial charge is 0.240 e. The minimum Gasteiger partial charge on any atom is -0.391 e. The van der Waals surface area contributed by atoms with Crippen LogP contribution in [0, 0.1) is 0 Å². The van der Waals surface area contributed by atoms with E-state index in [1.54, 1.807) is 0 Å². The second-order valence-corrected chi connectivity index (χ2v) is 6.34. The minimum atomic E-state index is -1.18. The molecule has 0 aromatic carbocycles. The van der Waals surface area contributed by atoms with E-state index in [1.165, 1.54) is 6.92 Å². The van der Waals surface area contributed by atoms with Gasteiger partial charge in [-0.15, -0.1) is 0 Å².